The van der Waals surface area contributed by atoms with E-state index >= 15 is 0 Å². The van der Waals surface area contributed by atoms with E-state index < -0.39 is 6.10 Å². The van der Waals surface area contributed by atoms with Crippen molar-refractivity contribution in [1.29, 1.82) is 0 Å². The predicted molar refractivity (Wildman–Crippen MR) is 75.1 cm³/mol. The molecule has 0 saturated carbocycles. The lowest BCUT2D eigenvalue weighted by atomic mass is 10.1. The second kappa shape index (κ2) is 5.76. The molecule has 98 valence electrons. The van der Waals surface area contributed by atoms with E-state index in [1.54, 1.807) is 18.7 Å². The number of anilines is 1. The molecule has 0 radical (unpaired) electrons. The smallest absolute Gasteiger partial charge is 0.237 e. The number of hydrogen-bond acceptors (Lipinski definition) is 3. The number of carbonyl (C=O) groups excluding carboxylic acids is 1. The first-order chi connectivity index (χ1) is 8.63. The Labute approximate surface area is 112 Å². The molecule has 1 heterocycles. The molecule has 1 aromatic rings. The van der Waals surface area contributed by atoms with Crippen LogP contribution >= 0.6 is 11.8 Å². The largest absolute Gasteiger partial charge is 0.389 e. The van der Waals surface area contributed by atoms with Crippen molar-refractivity contribution in [2.24, 2.45) is 0 Å². The number of aliphatic hydroxyl groups is 1. The molecule has 4 heteroatoms. The summed E-state index contributed by atoms with van der Waals surface area (Å²) in [5.74, 6) is 0.689. The molecule has 0 aliphatic carbocycles. The van der Waals surface area contributed by atoms with Crippen molar-refractivity contribution in [3.8, 4) is 0 Å². The first-order valence-electron chi connectivity index (χ1n) is 6.38. The van der Waals surface area contributed by atoms with Crippen LogP contribution in [0.3, 0.4) is 0 Å². The monoisotopic (exact) mass is 265 g/mol. The van der Waals surface area contributed by atoms with Crippen LogP contribution in [0.1, 0.15) is 38.4 Å². The van der Waals surface area contributed by atoms with Gasteiger partial charge >= 0.3 is 0 Å². The summed E-state index contributed by atoms with van der Waals surface area (Å²) in [6, 6.07) is 5.89. The van der Waals surface area contributed by atoms with Gasteiger partial charge in [0.25, 0.3) is 0 Å². The van der Waals surface area contributed by atoms with E-state index in [0.29, 0.717) is 5.75 Å². The van der Waals surface area contributed by atoms with Crippen LogP contribution in [0, 0.1) is 0 Å². The molecule has 1 N–H and O–H groups in total. The summed E-state index contributed by atoms with van der Waals surface area (Å²) in [6.45, 7) is 4.64. The Morgan fingerprint density at radius 2 is 2.28 bits per heavy atom. The zero-order chi connectivity index (χ0) is 13.1. The highest BCUT2D eigenvalue weighted by molar-refractivity contribution is 8.00. The number of hydrogen-bond donors (Lipinski definition) is 1. The Bertz CT molecular complexity index is 445. The van der Waals surface area contributed by atoms with E-state index in [-0.39, 0.29) is 5.91 Å². The van der Waals surface area contributed by atoms with Crippen LogP contribution in [0.2, 0.25) is 0 Å². The van der Waals surface area contributed by atoms with Crippen molar-refractivity contribution in [3.63, 3.8) is 0 Å². The molecule has 2 rings (SSSR count). The maximum atomic E-state index is 12.0. The van der Waals surface area contributed by atoms with Gasteiger partial charge in [-0.3, -0.25) is 4.79 Å². The number of carbonyl (C=O) groups is 1. The van der Waals surface area contributed by atoms with Gasteiger partial charge in [0.1, 0.15) is 0 Å². The van der Waals surface area contributed by atoms with Gasteiger partial charge in [-0.1, -0.05) is 19.4 Å². The maximum Gasteiger partial charge on any atom is 0.237 e. The van der Waals surface area contributed by atoms with Gasteiger partial charge in [0.05, 0.1) is 17.5 Å². The average Bonchev–Trinajstić information content (AvgIpc) is 2.37. The summed E-state index contributed by atoms with van der Waals surface area (Å²) in [7, 11) is 0. The molecule has 1 amide bonds. The van der Waals surface area contributed by atoms with Crippen molar-refractivity contribution >= 4 is 23.4 Å². The zero-order valence-electron chi connectivity index (χ0n) is 10.8. The Kier molecular flexibility index (Phi) is 4.30. The zero-order valence-corrected chi connectivity index (χ0v) is 11.7. The Hall–Kier alpha value is -1.00. The number of thioether (sulfide) groups is 1. The predicted octanol–water partition coefficient (Wildman–Crippen LogP) is 2.98. The second-order valence-electron chi connectivity index (χ2n) is 4.59. The molecule has 0 spiro atoms. The van der Waals surface area contributed by atoms with Gasteiger partial charge in [0.15, 0.2) is 0 Å². The van der Waals surface area contributed by atoms with Gasteiger partial charge in [-0.25, -0.2) is 0 Å². The van der Waals surface area contributed by atoms with Crippen LogP contribution in [-0.2, 0) is 4.79 Å². The first kappa shape index (κ1) is 13.4. The van der Waals surface area contributed by atoms with Crippen LogP contribution in [0.4, 0.5) is 5.69 Å². The number of rotatable bonds is 4. The molecule has 0 fully saturated rings. The molecular formula is C14H19NO2S. The van der Waals surface area contributed by atoms with Crippen LogP contribution in [-0.4, -0.2) is 23.3 Å². The highest BCUT2D eigenvalue weighted by atomic mass is 32.2. The fourth-order valence-electron chi connectivity index (χ4n) is 2.04. The molecule has 1 aromatic carbocycles. The fourth-order valence-corrected chi connectivity index (χ4v) is 2.96. The van der Waals surface area contributed by atoms with Crippen molar-refractivity contribution in [3.05, 3.63) is 23.8 Å². The minimum Gasteiger partial charge on any atom is -0.389 e. The SMILES string of the molecule is CCCCN1C(=O)CSc2ccc(C(C)O)cc21. The Morgan fingerprint density at radius 1 is 1.50 bits per heavy atom. The van der Waals surface area contributed by atoms with E-state index in [1.165, 1.54) is 0 Å². The fraction of sp³-hybridized carbons (Fsp3) is 0.500. The minimum atomic E-state index is -0.495. The van der Waals surface area contributed by atoms with Gasteiger partial charge in [0, 0.05) is 11.4 Å². The molecule has 3 nitrogen and oxygen atoms in total. The number of fused-ring (bicyclic) bond motifs is 1. The van der Waals surface area contributed by atoms with Gasteiger partial charge in [-0.2, -0.15) is 0 Å². The molecule has 1 aliphatic rings. The standard InChI is InChI=1S/C14H19NO2S/c1-3-4-7-15-12-8-11(10(2)16)5-6-13(12)18-9-14(15)17/h5-6,8,10,16H,3-4,7,9H2,1-2H3. The molecule has 1 unspecified atom stereocenters. The molecule has 0 bridgehead atoms. The quantitative estimate of drug-likeness (QED) is 0.910. The summed E-state index contributed by atoms with van der Waals surface area (Å²) in [6.07, 6.45) is 1.59. The Morgan fingerprint density at radius 3 is 2.94 bits per heavy atom. The number of amides is 1. The summed E-state index contributed by atoms with van der Waals surface area (Å²) in [5.41, 5.74) is 1.83. The highest BCUT2D eigenvalue weighted by Gasteiger charge is 2.24. The van der Waals surface area contributed by atoms with Crippen molar-refractivity contribution in [2.75, 3.05) is 17.2 Å². The number of benzene rings is 1. The van der Waals surface area contributed by atoms with E-state index in [1.807, 2.05) is 23.1 Å². The summed E-state index contributed by atoms with van der Waals surface area (Å²) in [4.78, 5) is 15.0. The van der Waals surface area contributed by atoms with E-state index in [4.69, 9.17) is 0 Å². The number of nitrogens with zero attached hydrogens (tertiary/aromatic N) is 1. The van der Waals surface area contributed by atoms with Gasteiger partial charge in [-0.05, 0) is 31.0 Å². The van der Waals surface area contributed by atoms with Crippen LogP contribution < -0.4 is 4.90 Å². The van der Waals surface area contributed by atoms with E-state index in [9.17, 15) is 9.90 Å². The van der Waals surface area contributed by atoms with Crippen molar-refractivity contribution in [2.45, 2.75) is 37.7 Å². The lowest BCUT2D eigenvalue weighted by molar-refractivity contribution is -0.116. The van der Waals surface area contributed by atoms with Gasteiger partial charge in [-0.15, -0.1) is 11.8 Å². The molecule has 0 aromatic heterocycles. The number of unbranched alkanes of at least 4 members (excludes halogenated alkanes) is 1. The maximum absolute atomic E-state index is 12.0. The van der Waals surface area contributed by atoms with Crippen molar-refractivity contribution < 1.29 is 9.90 Å². The van der Waals surface area contributed by atoms with Crippen molar-refractivity contribution in [1.82, 2.24) is 0 Å². The summed E-state index contributed by atoms with van der Waals surface area (Å²) in [5, 5.41) is 9.64. The third kappa shape index (κ3) is 2.70. The molecule has 1 atom stereocenters. The molecular weight excluding hydrogens is 246 g/mol. The summed E-state index contributed by atoms with van der Waals surface area (Å²) >= 11 is 1.58. The summed E-state index contributed by atoms with van der Waals surface area (Å²) < 4.78 is 0. The van der Waals surface area contributed by atoms with Gasteiger partial charge in [0.2, 0.25) is 5.91 Å². The second-order valence-corrected chi connectivity index (χ2v) is 5.61. The average molecular weight is 265 g/mol. The van der Waals surface area contributed by atoms with Crippen LogP contribution in [0.15, 0.2) is 23.1 Å². The van der Waals surface area contributed by atoms with Gasteiger partial charge < -0.3 is 10.0 Å². The minimum absolute atomic E-state index is 0.170. The van der Waals surface area contributed by atoms with E-state index in [0.717, 1.165) is 35.5 Å². The molecule has 0 saturated heterocycles. The normalized spacial score (nSPS) is 16.6. The number of aliphatic hydroxyl groups excluding tert-OH is 1. The third-order valence-corrected chi connectivity index (χ3v) is 4.19. The van der Waals surface area contributed by atoms with E-state index in [2.05, 4.69) is 6.92 Å². The Balaban J connectivity index is 2.33. The third-order valence-electron chi connectivity index (χ3n) is 3.14. The molecule has 18 heavy (non-hydrogen) atoms. The topological polar surface area (TPSA) is 40.5 Å². The first-order valence-corrected chi connectivity index (χ1v) is 7.37. The lowest BCUT2D eigenvalue weighted by Gasteiger charge is -2.29. The van der Waals surface area contributed by atoms with Crippen LogP contribution in [0.5, 0.6) is 0 Å². The van der Waals surface area contributed by atoms with Crippen LogP contribution in [0.25, 0.3) is 0 Å². The lowest BCUT2D eigenvalue weighted by Crippen LogP contribution is -2.36. The highest BCUT2D eigenvalue weighted by Crippen LogP contribution is 2.37. The molecule has 1 aliphatic heterocycles.